The Morgan fingerprint density at radius 2 is 2.00 bits per heavy atom. The Bertz CT molecular complexity index is 405. The van der Waals surface area contributed by atoms with Crippen molar-refractivity contribution in [3.8, 4) is 5.75 Å². The number of methoxy groups -OCH3 is 1. The highest BCUT2D eigenvalue weighted by Gasteiger charge is 2.32. The Morgan fingerprint density at radius 3 is 2.47 bits per heavy atom. The summed E-state index contributed by atoms with van der Waals surface area (Å²) in [7, 11) is 1.37. The summed E-state index contributed by atoms with van der Waals surface area (Å²) in [5.41, 5.74) is 4.43. The van der Waals surface area contributed by atoms with Gasteiger partial charge in [-0.2, -0.15) is 0 Å². The van der Waals surface area contributed by atoms with Crippen LogP contribution in [0.1, 0.15) is 18.1 Å². The van der Waals surface area contributed by atoms with Gasteiger partial charge in [0.05, 0.1) is 12.6 Å². The van der Waals surface area contributed by atoms with Gasteiger partial charge in [-0.3, -0.25) is 0 Å². The Morgan fingerprint density at radius 1 is 1.41 bits per heavy atom. The molecule has 0 saturated heterocycles. The van der Waals surface area contributed by atoms with Crippen LogP contribution in [0.3, 0.4) is 0 Å². The predicted molar refractivity (Wildman–Crippen MR) is 60.0 cm³/mol. The Hall–Kier alpha value is -1.23. The van der Waals surface area contributed by atoms with E-state index in [4.69, 9.17) is 10.5 Å². The van der Waals surface area contributed by atoms with E-state index in [-0.39, 0.29) is 17.7 Å². The Kier molecular flexibility index (Phi) is 4.03. The normalized spacial score (nSPS) is 14.8. The van der Waals surface area contributed by atoms with Crippen LogP contribution in [0.2, 0.25) is 0 Å². The van der Waals surface area contributed by atoms with Crippen LogP contribution in [0.25, 0.3) is 0 Å². The molecule has 1 unspecified atom stereocenters. The first kappa shape index (κ1) is 13.8. The molecule has 2 nitrogen and oxygen atoms in total. The summed E-state index contributed by atoms with van der Waals surface area (Å²) in [5.74, 6) is -0.320. The predicted octanol–water partition coefficient (Wildman–Crippen LogP) is 2.67. The summed E-state index contributed by atoms with van der Waals surface area (Å²) in [5, 5.41) is 0. The van der Waals surface area contributed by atoms with Crippen LogP contribution in [0.5, 0.6) is 5.75 Å². The van der Waals surface area contributed by atoms with Gasteiger partial charge in [0.2, 0.25) is 0 Å². The van der Waals surface area contributed by atoms with Gasteiger partial charge in [0.1, 0.15) is 11.6 Å². The quantitative estimate of drug-likeness (QED) is 0.887. The van der Waals surface area contributed by atoms with Gasteiger partial charge in [0.15, 0.2) is 0 Å². The highest BCUT2D eigenvalue weighted by atomic mass is 19.3. The van der Waals surface area contributed by atoms with Crippen molar-refractivity contribution < 1.29 is 17.9 Å². The lowest BCUT2D eigenvalue weighted by Gasteiger charge is -2.24. The second-order valence-corrected chi connectivity index (χ2v) is 4.41. The molecule has 17 heavy (non-hydrogen) atoms. The second kappa shape index (κ2) is 4.96. The van der Waals surface area contributed by atoms with Crippen LogP contribution >= 0.6 is 0 Å². The van der Waals surface area contributed by atoms with E-state index in [1.807, 2.05) is 0 Å². The topological polar surface area (TPSA) is 35.2 Å². The molecule has 0 amide bonds. The number of ether oxygens (including phenoxy) is 1. The van der Waals surface area contributed by atoms with Crippen LogP contribution in [-0.2, 0) is 6.42 Å². The molecule has 0 aliphatic heterocycles. The average Bonchev–Trinajstić information content (AvgIpc) is 2.21. The zero-order valence-corrected chi connectivity index (χ0v) is 10.1. The molecule has 1 atom stereocenters. The molecule has 0 bridgehead atoms. The average molecular weight is 247 g/mol. The van der Waals surface area contributed by atoms with Crippen molar-refractivity contribution >= 4 is 0 Å². The van der Waals surface area contributed by atoms with Crippen molar-refractivity contribution in [2.45, 2.75) is 32.2 Å². The number of nitrogens with two attached hydrogens (primary N) is 1. The minimum atomic E-state index is -2.73. The van der Waals surface area contributed by atoms with Gasteiger partial charge in [0, 0.05) is 12.0 Å². The number of aryl methyl sites for hydroxylation is 1. The molecule has 0 fully saturated rings. The van der Waals surface area contributed by atoms with Gasteiger partial charge in [-0.25, -0.2) is 13.2 Å². The summed E-state index contributed by atoms with van der Waals surface area (Å²) in [6.45, 7) is 2.89. The van der Waals surface area contributed by atoms with E-state index >= 15 is 0 Å². The molecule has 0 aliphatic rings. The fraction of sp³-hybridized carbons (Fsp3) is 0.500. The van der Waals surface area contributed by atoms with Crippen LogP contribution in [-0.4, -0.2) is 19.1 Å². The first-order chi connectivity index (χ1) is 7.77. The lowest BCUT2D eigenvalue weighted by molar-refractivity contribution is 0.0631. The largest absolute Gasteiger partial charge is 0.496 e. The highest BCUT2D eigenvalue weighted by molar-refractivity contribution is 5.39. The molecule has 5 heteroatoms. The van der Waals surface area contributed by atoms with E-state index in [2.05, 4.69) is 0 Å². The van der Waals surface area contributed by atoms with E-state index < -0.39 is 17.8 Å². The van der Waals surface area contributed by atoms with E-state index in [9.17, 15) is 13.2 Å². The molecule has 0 aliphatic carbocycles. The first-order valence-electron chi connectivity index (χ1n) is 5.18. The van der Waals surface area contributed by atoms with E-state index in [0.717, 1.165) is 0 Å². The fourth-order valence-electron chi connectivity index (χ4n) is 1.55. The lowest BCUT2D eigenvalue weighted by atomic mass is 9.93. The standard InChI is InChI=1S/C12H16F3NO/c1-7-4-9(13)8(10(5-7)17-3)6-12(2,16)11(14)15/h4-5,11H,6,16H2,1-3H3. The fourth-order valence-corrected chi connectivity index (χ4v) is 1.55. The Labute approximate surface area is 98.6 Å². The summed E-state index contributed by atoms with van der Waals surface area (Å²) in [4.78, 5) is 0. The monoisotopic (exact) mass is 247 g/mol. The van der Waals surface area contributed by atoms with Crippen LogP contribution in [0.15, 0.2) is 12.1 Å². The maximum absolute atomic E-state index is 13.7. The molecule has 0 aromatic heterocycles. The molecule has 1 aromatic rings. The number of rotatable bonds is 4. The van der Waals surface area contributed by atoms with Crippen molar-refractivity contribution in [1.82, 2.24) is 0 Å². The van der Waals surface area contributed by atoms with Gasteiger partial charge >= 0.3 is 0 Å². The number of hydrogen-bond donors (Lipinski definition) is 1. The maximum Gasteiger partial charge on any atom is 0.256 e. The smallest absolute Gasteiger partial charge is 0.256 e. The summed E-state index contributed by atoms with van der Waals surface area (Å²) in [6.07, 6.45) is -3.01. The summed E-state index contributed by atoms with van der Waals surface area (Å²) >= 11 is 0. The van der Waals surface area contributed by atoms with Crippen molar-refractivity contribution in [3.63, 3.8) is 0 Å². The number of hydrogen-bond acceptors (Lipinski definition) is 2. The SMILES string of the molecule is COc1cc(C)cc(F)c1CC(C)(N)C(F)F. The first-order valence-corrected chi connectivity index (χ1v) is 5.18. The summed E-state index contributed by atoms with van der Waals surface area (Å²) in [6, 6.07) is 2.87. The molecule has 0 radical (unpaired) electrons. The van der Waals surface area contributed by atoms with Gasteiger partial charge in [0.25, 0.3) is 6.43 Å². The highest BCUT2D eigenvalue weighted by Crippen LogP contribution is 2.28. The minimum absolute atomic E-state index is 0.0865. The van der Waals surface area contributed by atoms with Crippen molar-refractivity contribution in [2.24, 2.45) is 5.73 Å². The number of alkyl halides is 2. The summed E-state index contributed by atoms with van der Waals surface area (Å²) < 4.78 is 44.0. The molecule has 0 heterocycles. The Balaban J connectivity index is 3.14. The zero-order chi connectivity index (χ0) is 13.2. The molecular weight excluding hydrogens is 231 g/mol. The second-order valence-electron chi connectivity index (χ2n) is 4.41. The van der Waals surface area contributed by atoms with Crippen LogP contribution in [0.4, 0.5) is 13.2 Å². The number of halogens is 3. The third-order valence-electron chi connectivity index (χ3n) is 2.57. The number of benzene rings is 1. The molecule has 1 aromatic carbocycles. The third-order valence-corrected chi connectivity index (χ3v) is 2.57. The molecule has 0 spiro atoms. The van der Waals surface area contributed by atoms with E-state index in [0.29, 0.717) is 5.56 Å². The van der Waals surface area contributed by atoms with Gasteiger partial charge in [-0.05, 0) is 31.5 Å². The van der Waals surface area contributed by atoms with Gasteiger partial charge < -0.3 is 10.5 Å². The van der Waals surface area contributed by atoms with Crippen molar-refractivity contribution in [2.75, 3.05) is 7.11 Å². The lowest BCUT2D eigenvalue weighted by Crippen LogP contribution is -2.46. The van der Waals surface area contributed by atoms with Gasteiger partial charge in [-0.1, -0.05) is 0 Å². The molecule has 1 rings (SSSR count). The molecule has 96 valence electrons. The molecule has 0 saturated carbocycles. The molecule has 2 N–H and O–H groups in total. The zero-order valence-electron chi connectivity index (χ0n) is 10.1. The van der Waals surface area contributed by atoms with Crippen molar-refractivity contribution in [1.29, 1.82) is 0 Å². The minimum Gasteiger partial charge on any atom is -0.496 e. The molecular formula is C12H16F3NO. The van der Waals surface area contributed by atoms with Crippen molar-refractivity contribution in [3.05, 3.63) is 29.1 Å². The van der Waals surface area contributed by atoms with Crippen LogP contribution < -0.4 is 10.5 Å². The van der Waals surface area contributed by atoms with Crippen LogP contribution in [0, 0.1) is 12.7 Å². The maximum atomic E-state index is 13.7. The van der Waals surface area contributed by atoms with Gasteiger partial charge in [-0.15, -0.1) is 0 Å². The van der Waals surface area contributed by atoms with E-state index in [1.54, 1.807) is 13.0 Å². The van der Waals surface area contributed by atoms with E-state index in [1.165, 1.54) is 20.1 Å². The third kappa shape index (κ3) is 3.12.